The van der Waals surface area contributed by atoms with Crippen LogP contribution in [0.25, 0.3) is 0 Å². The van der Waals surface area contributed by atoms with Crippen LogP contribution in [0.1, 0.15) is 48.0 Å². The van der Waals surface area contributed by atoms with Crippen LogP contribution in [0.5, 0.6) is 0 Å². The molecule has 2 heteroatoms. The van der Waals surface area contributed by atoms with E-state index in [1.54, 1.807) is 0 Å². The van der Waals surface area contributed by atoms with E-state index in [4.69, 9.17) is 4.74 Å². The minimum absolute atomic E-state index is 0.388. The Morgan fingerprint density at radius 1 is 1.13 bits per heavy atom. The molecule has 0 aliphatic heterocycles. The summed E-state index contributed by atoms with van der Waals surface area (Å²) >= 11 is 0. The lowest BCUT2D eigenvalue weighted by Gasteiger charge is -2.19. The second-order valence-corrected chi connectivity index (χ2v) is 6.05. The standard InChI is InChI=1S/C13H29NO/c1-11(2)14-9-12(3)10-15-8-7-13(4,5)6/h11-12,14H,7-10H2,1-6H3. The topological polar surface area (TPSA) is 21.3 Å². The molecule has 0 spiro atoms. The molecule has 1 N–H and O–H groups in total. The van der Waals surface area contributed by atoms with Crippen LogP contribution in [0.4, 0.5) is 0 Å². The third kappa shape index (κ3) is 11.8. The largest absolute Gasteiger partial charge is 0.381 e. The number of ether oxygens (including phenoxy) is 1. The van der Waals surface area contributed by atoms with E-state index in [1.807, 2.05) is 0 Å². The van der Waals surface area contributed by atoms with Crippen LogP contribution in [-0.2, 0) is 4.74 Å². The van der Waals surface area contributed by atoms with E-state index in [0.29, 0.717) is 17.4 Å². The molecular formula is C13H29NO. The molecule has 0 aromatic heterocycles. The van der Waals surface area contributed by atoms with Crippen LogP contribution in [-0.4, -0.2) is 25.8 Å². The molecule has 0 aliphatic carbocycles. The highest BCUT2D eigenvalue weighted by Gasteiger charge is 2.10. The van der Waals surface area contributed by atoms with Crippen LogP contribution >= 0.6 is 0 Å². The molecule has 0 radical (unpaired) electrons. The molecule has 15 heavy (non-hydrogen) atoms. The normalized spacial score (nSPS) is 14.6. The Morgan fingerprint density at radius 3 is 2.20 bits per heavy atom. The van der Waals surface area contributed by atoms with Crippen molar-refractivity contribution in [3.05, 3.63) is 0 Å². The van der Waals surface area contributed by atoms with Gasteiger partial charge in [-0.15, -0.1) is 0 Å². The Morgan fingerprint density at radius 2 is 1.73 bits per heavy atom. The van der Waals surface area contributed by atoms with Crippen molar-refractivity contribution in [2.75, 3.05) is 19.8 Å². The van der Waals surface area contributed by atoms with Gasteiger partial charge in [-0.25, -0.2) is 0 Å². The highest BCUT2D eigenvalue weighted by molar-refractivity contribution is 4.62. The van der Waals surface area contributed by atoms with Gasteiger partial charge in [0.1, 0.15) is 0 Å². The molecule has 0 amide bonds. The lowest BCUT2D eigenvalue weighted by atomic mass is 9.93. The maximum Gasteiger partial charge on any atom is 0.0503 e. The predicted molar refractivity (Wildman–Crippen MR) is 67.2 cm³/mol. The first-order valence-corrected chi connectivity index (χ1v) is 6.12. The van der Waals surface area contributed by atoms with Crippen molar-refractivity contribution in [1.29, 1.82) is 0 Å². The predicted octanol–water partition coefficient (Wildman–Crippen LogP) is 3.07. The Bertz CT molecular complexity index is 149. The molecule has 0 aromatic rings. The Labute approximate surface area is 95.8 Å². The Balaban J connectivity index is 3.35. The summed E-state index contributed by atoms with van der Waals surface area (Å²) in [5, 5.41) is 3.42. The molecule has 0 fully saturated rings. The van der Waals surface area contributed by atoms with E-state index in [9.17, 15) is 0 Å². The number of rotatable bonds is 7. The quantitative estimate of drug-likeness (QED) is 0.659. The first-order valence-electron chi connectivity index (χ1n) is 6.12. The summed E-state index contributed by atoms with van der Waals surface area (Å²) in [5.41, 5.74) is 0.388. The van der Waals surface area contributed by atoms with E-state index in [0.717, 1.165) is 26.2 Å². The zero-order chi connectivity index (χ0) is 11.9. The molecule has 0 saturated carbocycles. The molecule has 1 atom stereocenters. The molecule has 0 heterocycles. The summed E-state index contributed by atoms with van der Waals surface area (Å²) in [7, 11) is 0. The summed E-state index contributed by atoms with van der Waals surface area (Å²) in [6, 6.07) is 0.571. The van der Waals surface area contributed by atoms with E-state index in [2.05, 4.69) is 46.9 Å². The van der Waals surface area contributed by atoms with Gasteiger partial charge in [0.25, 0.3) is 0 Å². The van der Waals surface area contributed by atoms with Crippen molar-refractivity contribution in [2.45, 2.75) is 54.0 Å². The summed E-state index contributed by atoms with van der Waals surface area (Å²) in [5.74, 6) is 0.604. The summed E-state index contributed by atoms with van der Waals surface area (Å²) in [6.07, 6.45) is 1.14. The zero-order valence-corrected chi connectivity index (χ0v) is 11.4. The number of hydrogen-bond acceptors (Lipinski definition) is 2. The first kappa shape index (κ1) is 14.9. The van der Waals surface area contributed by atoms with Crippen LogP contribution in [0.2, 0.25) is 0 Å². The fourth-order valence-electron chi connectivity index (χ4n) is 1.16. The Kier molecular flexibility index (Phi) is 7.20. The average Bonchev–Trinajstić information content (AvgIpc) is 2.07. The minimum atomic E-state index is 0.388. The molecular weight excluding hydrogens is 186 g/mol. The van der Waals surface area contributed by atoms with Crippen molar-refractivity contribution < 1.29 is 4.74 Å². The van der Waals surface area contributed by atoms with Gasteiger partial charge in [-0.05, 0) is 17.8 Å². The van der Waals surface area contributed by atoms with E-state index in [1.165, 1.54) is 0 Å². The third-order valence-electron chi connectivity index (χ3n) is 2.27. The first-order chi connectivity index (χ1) is 6.81. The third-order valence-corrected chi connectivity index (χ3v) is 2.27. The highest BCUT2D eigenvalue weighted by atomic mass is 16.5. The molecule has 0 rings (SSSR count). The monoisotopic (exact) mass is 215 g/mol. The molecule has 2 nitrogen and oxygen atoms in total. The highest BCUT2D eigenvalue weighted by Crippen LogP contribution is 2.17. The smallest absolute Gasteiger partial charge is 0.0503 e. The summed E-state index contributed by atoms with van der Waals surface area (Å²) < 4.78 is 5.66. The lowest BCUT2D eigenvalue weighted by Crippen LogP contribution is -2.29. The number of hydrogen-bond donors (Lipinski definition) is 1. The Hall–Kier alpha value is -0.0800. The van der Waals surface area contributed by atoms with Gasteiger partial charge in [-0.1, -0.05) is 41.5 Å². The van der Waals surface area contributed by atoms with Gasteiger partial charge < -0.3 is 10.1 Å². The molecule has 92 valence electrons. The summed E-state index contributed by atoms with van der Waals surface area (Å²) in [6.45, 7) is 16.1. The molecule has 0 saturated heterocycles. The number of nitrogens with one attached hydrogen (secondary N) is 1. The zero-order valence-electron chi connectivity index (χ0n) is 11.4. The second-order valence-electron chi connectivity index (χ2n) is 6.05. The van der Waals surface area contributed by atoms with Crippen molar-refractivity contribution in [1.82, 2.24) is 5.32 Å². The average molecular weight is 215 g/mol. The van der Waals surface area contributed by atoms with Crippen molar-refractivity contribution >= 4 is 0 Å². The van der Waals surface area contributed by atoms with Gasteiger partial charge in [0.15, 0.2) is 0 Å². The van der Waals surface area contributed by atoms with Crippen LogP contribution < -0.4 is 5.32 Å². The van der Waals surface area contributed by atoms with Gasteiger partial charge >= 0.3 is 0 Å². The maximum absolute atomic E-state index is 5.66. The van der Waals surface area contributed by atoms with Gasteiger partial charge in [0.05, 0.1) is 6.61 Å². The van der Waals surface area contributed by atoms with Crippen LogP contribution in [0.15, 0.2) is 0 Å². The van der Waals surface area contributed by atoms with Crippen molar-refractivity contribution in [2.24, 2.45) is 11.3 Å². The van der Waals surface area contributed by atoms with Crippen molar-refractivity contribution in [3.63, 3.8) is 0 Å². The van der Waals surface area contributed by atoms with Gasteiger partial charge in [-0.3, -0.25) is 0 Å². The van der Waals surface area contributed by atoms with Crippen molar-refractivity contribution in [3.8, 4) is 0 Å². The molecule has 0 bridgehead atoms. The summed E-state index contributed by atoms with van der Waals surface area (Å²) in [4.78, 5) is 0. The maximum atomic E-state index is 5.66. The van der Waals surface area contributed by atoms with E-state index in [-0.39, 0.29) is 0 Å². The van der Waals surface area contributed by atoms with Crippen LogP contribution in [0.3, 0.4) is 0 Å². The fourth-order valence-corrected chi connectivity index (χ4v) is 1.16. The lowest BCUT2D eigenvalue weighted by molar-refractivity contribution is 0.0834. The van der Waals surface area contributed by atoms with Gasteiger partial charge in [0, 0.05) is 19.2 Å². The molecule has 0 aromatic carbocycles. The van der Waals surface area contributed by atoms with Crippen LogP contribution in [0, 0.1) is 11.3 Å². The molecule has 0 aliphatic rings. The van der Waals surface area contributed by atoms with Gasteiger partial charge in [0.2, 0.25) is 0 Å². The SMILES string of the molecule is CC(CNC(C)C)COCCC(C)(C)C. The second kappa shape index (κ2) is 7.24. The minimum Gasteiger partial charge on any atom is -0.381 e. The fraction of sp³-hybridized carbons (Fsp3) is 1.00. The van der Waals surface area contributed by atoms with Gasteiger partial charge in [-0.2, -0.15) is 0 Å². The van der Waals surface area contributed by atoms with E-state index < -0.39 is 0 Å². The molecule has 1 unspecified atom stereocenters. The van der Waals surface area contributed by atoms with E-state index >= 15 is 0 Å².